The molecule has 1 saturated heterocycles. The van der Waals surface area contributed by atoms with Gasteiger partial charge in [-0.1, -0.05) is 0 Å². The molecule has 1 aliphatic heterocycles. The molecule has 1 fully saturated rings. The minimum Gasteiger partial charge on any atom is -0.383 e. The Morgan fingerprint density at radius 2 is 1.82 bits per heavy atom. The van der Waals surface area contributed by atoms with Gasteiger partial charge in [0.25, 0.3) is 11.8 Å². The van der Waals surface area contributed by atoms with Crippen LogP contribution in [0.3, 0.4) is 0 Å². The molecule has 0 radical (unpaired) electrons. The van der Waals surface area contributed by atoms with Crippen LogP contribution >= 0.6 is 0 Å². The number of likely N-dealkylation sites (tertiary alicyclic amines) is 1. The average Bonchev–Trinajstić information content (AvgIpc) is 3.26. The maximum absolute atomic E-state index is 13.7. The highest BCUT2D eigenvalue weighted by atomic mass is 19.4. The van der Waals surface area contributed by atoms with Crippen molar-refractivity contribution >= 4 is 39.6 Å². The normalized spacial score (nSPS) is 14.9. The Bertz CT molecular complexity index is 1590. The standard InChI is InChI=1S/C24H21F5N8O2/c1-34-19-16-7-13(3-6-18(16)33-20(30)17(19)9-32-34)21(38)37(35(2)22(39)36-11-23(25,26)12-36)10-15-5-4-14(8-31-15)24(27,28)29/h3-9H,10-12H2,1-2H3,(H2,30,33). The molecule has 0 unspecified atom stereocenters. The molecular weight excluding hydrogens is 527 g/mol. The minimum atomic E-state index is -4.61. The topological polar surface area (TPSA) is 113 Å². The monoisotopic (exact) mass is 548 g/mol. The number of alkyl halides is 5. The Morgan fingerprint density at radius 3 is 2.44 bits per heavy atom. The van der Waals surface area contributed by atoms with E-state index in [4.69, 9.17) is 5.73 Å². The first-order chi connectivity index (χ1) is 18.2. The van der Waals surface area contributed by atoms with Gasteiger partial charge in [-0.3, -0.25) is 14.5 Å². The summed E-state index contributed by atoms with van der Waals surface area (Å²) < 4.78 is 67.3. The fourth-order valence-electron chi connectivity index (χ4n) is 4.35. The van der Waals surface area contributed by atoms with Crippen LogP contribution in [-0.2, 0) is 19.8 Å². The summed E-state index contributed by atoms with van der Waals surface area (Å²) in [4.78, 5) is 35.6. The van der Waals surface area contributed by atoms with Crippen LogP contribution < -0.4 is 5.73 Å². The Morgan fingerprint density at radius 1 is 1.10 bits per heavy atom. The lowest BCUT2D eigenvalue weighted by Crippen LogP contribution is -2.63. The summed E-state index contributed by atoms with van der Waals surface area (Å²) in [6.45, 7) is -2.06. The van der Waals surface area contributed by atoms with E-state index in [-0.39, 0.29) is 17.1 Å². The molecule has 4 heterocycles. The van der Waals surface area contributed by atoms with E-state index in [1.807, 2.05) is 0 Å². The molecule has 3 amide bonds. The Labute approximate surface area is 217 Å². The minimum absolute atomic E-state index is 0.0363. The van der Waals surface area contributed by atoms with Crippen LogP contribution in [0.4, 0.5) is 32.6 Å². The molecule has 0 bridgehead atoms. The van der Waals surface area contributed by atoms with Crippen LogP contribution in [-0.4, -0.2) is 72.7 Å². The van der Waals surface area contributed by atoms with E-state index in [0.717, 1.165) is 27.1 Å². The van der Waals surface area contributed by atoms with Gasteiger partial charge in [-0.2, -0.15) is 18.3 Å². The highest BCUT2D eigenvalue weighted by Gasteiger charge is 2.48. The number of fused-ring (bicyclic) bond motifs is 3. The second kappa shape index (κ2) is 9.03. The SMILES string of the molecule is CN(C(=O)N1CC(F)(F)C1)N(Cc1ccc(C(F)(F)F)cn1)C(=O)c1ccc2nc(N)c3cnn(C)c3c2c1. The fourth-order valence-corrected chi connectivity index (χ4v) is 4.35. The maximum Gasteiger partial charge on any atom is 0.417 e. The molecule has 39 heavy (non-hydrogen) atoms. The predicted octanol–water partition coefficient (Wildman–Crippen LogP) is 3.68. The van der Waals surface area contributed by atoms with Gasteiger partial charge in [-0.15, -0.1) is 0 Å². The van der Waals surface area contributed by atoms with Crippen molar-refractivity contribution < 1.29 is 31.5 Å². The Kier molecular flexibility index (Phi) is 6.03. The van der Waals surface area contributed by atoms with Gasteiger partial charge in [-0.05, 0) is 30.3 Å². The molecule has 0 aliphatic carbocycles. The summed E-state index contributed by atoms with van der Waals surface area (Å²) in [7, 11) is 2.90. The van der Waals surface area contributed by atoms with Gasteiger partial charge >= 0.3 is 12.2 Å². The van der Waals surface area contributed by atoms with E-state index in [0.29, 0.717) is 28.0 Å². The van der Waals surface area contributed by atoms with Gasteiger partial charge in [0, 0.05) is 31.2 Å². The van der Waals surface area contributed by atoms with Crippen molar-refractivity contribution in [1.29, 1.82) is 0 Å². The molecule has 1 aliphatic rings. The van der Waals surface area contributed by atoms with Crippen molar-refractivity contribution in [2.24, 2.45) is 7.05 Å². The number of nitrogens with zero attached hydrogens (tertiary/aromatic N) is 7. The van der Waals surface area contributed by atoms with Crippen molar-refractivity contribution in [3.05, 3.63) is 59.5 Å². The molecule has 4 aromatic rings. The highest BCUT2D eigenvalue weighted by Crippen LogP contribution is 2.31. The largest absolute Gasteiger partial charge is 0.417 e. The third-order valence-electron chi connectivity index (χ3n) is 6.41. The van der Waals surface area contributed by atoms with E-state index < -0.39 is 49.2 Å². The number of hydrazine groups is 1. The van der Waals surface area contributed by atoms with E-state index in [2.05, 4.69) is 15.1 Å². The third-order valence-corrected chi connectivity index (χ3v) is 6.41. The molecule has 10 nitrogen and oxygen atoms in total. The molecule has 0 spiro atoms. The zero-order valence-corrected chi connectivity index (χ0v) is 20.6. The highest BCUT2D eigenvalue weighted by molar-refractivity contribution is 6.10. The number of nitrogens with two attached hydrogens (primary N) is 1. The van der Waals surface area contributed by atoms with E-state index in [1.165, 1.54) is 25.4 Å². The number of aryl methyl sites for hydroxylation is 1. The second-order valence-electron chi connectivity index (χ2n) is 9.18. The summed E-state index contributed by atoms with van der Waals surface area (Å²) in [6, 6.07) is 5.52. The van der Waals surface area contributed by atoms with Crippen molar-refractivity contribution in [3.63, 3.8) is 0 Å². The Balaban J connectivity index is 1.52. The third kappa shape index (κ3) is 4.75. The number of carbonyl (C=O) groups is 2. The summed E-state index contributed by atoms with van der Waals surface area (Å²) in [6.07, 6.45) is -2.47. The van der Waals surface area contributed by atoms with Crippen LogP contribution in [0, 0.1) is 0 Å². The number of hydrogen-bond acceptors (Lipinski definition) is 6. The lowest BCUT2D eigenvalue weighted by atomic mass is 10.1. The van der Waals surface area contributed by atoms with Crippen molar-refractivity contribution in [1.82, 2.24) is 34.7 Å². The quantitative estimate of drug-likeness (QED) is 0.309. The smallest absolute Gasteiger partial charge is 0.383 e. The number of anilines is 1. The van der Waals surface area contributed by atoms with Crippen LogP contribution in [0.5, 0.6) is 0 Å². The number of nitrogen functional groups attached to an aromatic ring is 1. The summed E-state index contributed by atoms with van der Waals surface area (Å²) in [5.41, 5.74) is 6.25. The first kappa shape index (κ1) is 26.1. The first-order valence-corrected chi connectivity index (χ1v) is 11.5. The number of hydrogen-bond donors (Lipinski definition) is 1. The Hall–Kier alpha value is -4.56. The fraction of sp³-hybridized carbons (Fsp3) is 0.292. The van der Waals surface area contributed by atoms with Crippen LogP contribution in [0.2, 0.25) is 0 Å². The number of benzene rings is 1. The van der Waals surface area contributed by atoms with E-state index in [9.17, 15) is 31.5 Å². The molecule has 204 valence electrons. The summed E-state index contributed by atoms with van der Waals surface area (Å²) in [5, 5.41) is 7.07. The number of amides is 3. The van der Waals surface area contributed by atoms with Crippen LogP contribution in [0.15, 0.2) is 42.7 Å². The molecule has 3 aromatic heterocycles. The van der Waals surface area contributed by atoms with Gasteiger partial charge in [-0.25, -0.2) is 28.6 Å². The molecule has 0 saturated carbocycles. The maximum atomic E-state index is 13.7. The van der Waals surface area contributed by atoms with Crippen LogP contribution in [0.1, 0.15) is 21.6 Å². The van der Waals surface area contributed by atoms with Gasteiger partial charge in [0.2, 0.25) is 0 Å². The summed E-state index contributed by atoms with van der Waals surface area (Å²) in [5.74, 6) is -3.52. The van der Waals surface area contributed by atoms with Gasteiger partial charge in [0.1, 0.15) is 5.82 Å². The van der Waals surface area contributed by atoms with Gasteiger partial charge in [0.15, 0.2) is 0 Å². The summed E-state index contributed by atoms with van der Waals surface area (Å²) >= 11 is 0. The van der Waals surface area contributed by atoms with Crippen molar-refractivity contribution in [3.8, 4) is 0 Å². The first-order valence-electron chi connectivity index (χ1n) is 11.5. The van der Waals surface area contributed by atoms with Gasteiger partial charge in [0.05, 0.1) is 53.5 Å². The lowest BCUT2D eigenvalue weighted by Gasteiger charge is -2.42. The zero-order valence-electron chi connectivity index (χ0n) is 20.6. The molecule has 5 rings (SSSR count). The number of rotatable bonds is 3. The van der Waals surface area contributed by atoms with E-state index >= 15 is 0 Å². The van der Waals surface area contributed by atoms with Crippen LogP contribution in [0.25, 0.3) is 21.8 Å². The van der Waals surface area contributed by atoms with Crippen molar-refractivity contribution in [2.45, 2.75) is 18.6 Å². The number of urea groups is 1. The number of halogens is 5. The number of aromatic nitrogens is 4. The molecule has 15 heteroatoms. The number of pyridine rings is 2. The lowest BCUT2D eigenvalue weighted by molar-refractivity contribution is -0.137. The second-order valence-corrected chi connectivity index (χ2v) is 9.18. The average molecular weight is 548 g/mol. The van der Waals surface area contributed by atoms with E-state index in [1.54, 1.807) is 17.8 Å². The number of carbonyl (C=O) groups excluding carboxylic acids is 2. The molecular formula is C24H21F5N8O2. The van der Waals surface area contributed by atoms with Gasteiger partial charge < -0.3 is 10.6 Å². The molecule has 1 aromatic carbocycles. The van der Waals surface area contributed by atoms with Crippen molar-refractivity contribution in [2.75, 3.05) is 25.9 Å². The molecule has 0 atom stereocenters. The zero-order chi connectivity index (χ0) is 28.3. The molecule has 2 N–H and O–H groups in total. The predicted molar refractivity (Wildman–Crippen MR) is 129 cm³/mol.